The predicted octanol–water partition coefficient (Wildman–Crippen LogP) is 0.881. The van der Waals surface area contributed by atoms with Crippen LogP contribution >= 0.6 is 0 Å². The molecule has 1 aromatic heterocycles. The molecule has 23 heavy (non-hydrogen) atoms. The van der Waals surface area contributed by atoms with Crippen LogP contribution in [0.25, 0.3) is 0 Å². The van der Waals surface area contributed by atoms with E-state index in [0.717, 1.165) is 25.2 Å². The smallest absolute Gasteiger partial charge is 0.339 e. The molecule has 3 rings (SSSR count). The van der Waals surface area contributed by atoms with Crippen molar-refractivity contribution in [1.29, 1.82) is 0 Å². The van der Waals surface area contributed by atoms with Gasteiger partial charge >= 0.3 is 6.18 Å². The van der Waals surface area contributed by atoms with Crippen molar-refractivity contribution >= 4 is 11.9 Å². The first kappa shape index (κ1) is 16.0. The van der Waals surface area contributed by atoms with Gasteiger partial charge in [-0.1, -0.05) is 0 Å². The zero-order chi connectivity index (χ0) is 16.6. The van der Waals surface area contributed by atoms with Gasteiger partial charge in [0.15, 0.2) is 0 Å². The van der Waals surface area contributed by atoms with Crippen molar-refractivity contribution in [3.8, 4) is 0 Å². The SMILES string of the molecule is NC1CC(C(=O)N2CCN(c3ncc(C(F)(F)F)cn3)CC2)C1. The monoisotopic (exact) mass is 329 g/mol. The van der Waals surface area contributed by atoms with E-state index in [0.29, 0.717) is 26.2 Å². The van der Waals surface area contributed by atoms with Crippen LogP contribution in [0, 0.1) is 5.92 Å². The van der Waals surface area contributed by atoms with Crippen LogP contribution in [0.4, 0.5) is 19.1 Å². The van der Waals surface area contributed by atoms with Gasteiger partial charge in [0.05, 0.1) is 5.56 Å². The molecule has 2 fully saturated rings. The van der Waals surface area contributed by atoms with Crippen molar-refractivity contribution in [2.24, 2.45) is 11.7 Å². The van der Waals surface area contributed by atoms with Gasteiger partial charge in [-0.15, -0.1) is 0 Å². The number of piperazine rings is 1. The van der Waals surface area contributed by atoms with Gasteiger partial charge in [-0.3, -0.25) is 4.79 Å². The lowest BCUT2D eigenvalue weighted by atomic mass is 9.80. The molecule has 126 valence electrons. The van der Waals surface area contributed by atoms with E-state index in [2.05, 4.69) is 9.97 Å². The Bertz CT molecular complexity index is 563. The summed E-state index contributed by atoms with van der Waals surface area (Å²) in [5.74, 6) is 0.411. The lowest BCUT2D eigenvalue weighted by molar-refractivity contribution is -0.139. The molecule has 0 unspecified atom stereocenters. The van der Waals surface area contributed by atoms with Crippen molar-refractivity contribution < 1.29 is 18.0 Å². The summed E-state index contributed by atoms with van der Waals surface area (Å²) in [6.07, 6.45) is -1.39. The largest absolute Gasteiger partial charge is 0.419 e. The molecule has 2 aliphatic rings. The minimum absolute atomic E-state index is 0.0267. The fraction of sp³-hybridized carbons (Fsp3) is 0.643. The minimum Gasteiger partial charge on any atom is -0.339 e. The third kappa shape index (κ3) is 3.39. The normalized spacial score (nSPS) is 25.2. The number of carbonyl (C=O) groups is 1. The number of nitrogens with zero attached hydrogens (tertiary/aromatic N) is 4. The number of anilines is 1. The highest BCUT2D eigenvalue weighted by atomic mass is 19.4. The molecule has 2 N–H and O–H groups in total. The van der Waals surface area contributed by atoms with E-state index in [1.807, 2.05) is 0 Å². The number of nitrogens with two attached hydrogens (primary N) is 1. The molecule has 9 heteroatoms. The fourth-order valence-electron chi connectivity index (χ4n) is 2.88. The summed E-state index contributed by atoms with van der Waals surface area (Å²) >= 11 is 0. The van der Waals surface area contributed by atoms with Crippen LogP contribution in [-0.2, 0) is 11.0 Å². The van der Waals surface area contributed by atoms with Crippen LogP contribution in [0.15, 0.2) is 12.4 Å². The Morgan fingerprint density at radius 1 is 1.13 bits per heavy atom. The maximum Gasteiger partial charge on any atom is 0.419 e. The van der Waals surface area contributed by atoms with Crippen LogP contribution in [-0.4, -0.2) is 53.0 Å². The molecule has 6 nitrogen and oxygen atoms in total. The van der Waals surface area contributed by atoms with Crippen LogP contribution in [0.2, 0.25) is 0 Å². The molecule has 0 bridgehead atoms. The maximum absolute atomic E-state index is 12.5. The van der Waals surface area contributed by atoms with Crippen molar-refractivity contribution in [3.63, 3.8) is 0 Å². The molecule has 2 heterocycles. The highest BCUT2D eigenvalue weighted by Crippen LogP contribution is 2.29. The van der Waals surface area contributed by atoms with Crippen molar-refractivity contribution in [3.05, 3.63) is 18.0 Å². The Kier molecular flexibility index (Phi) is 4.13. The van der Waals surface area contributed by atoms with E-state index in [-0.39, 0.29) is 23.8 Å². The summed E-state index contributed by atoms with van der Waals surface area (Å²) in [7, 11) is 0. The summed E-state index contributed by atoms with van der Waals surface area (Å²) in [4.78, 5) is 23.4. The average Bonchev–Trinajstić information content (AvgIpc) is 2.51. The molecule has 1 aliphatic carbocycles. The lowest BCUT2D eigenvalue weighted by Crippen LogP contribution is -2.53. The number of alkyl halides is 3. The van der Waals surface area contributed by atoms with Crippen molar-refractivity contribution in [1.82, 2.24) is 14.9 Å². The van der Waals surface area contributed by atoms with Gasteiger partial charge in [0, 0.05) is 50.5 Å². The van der Waals surface area contributed by atoms with Crippen LogP contribution in [0.1, 0.15) is 18.4 Å². The Balaban J connectivity index is 1.55. The molecule has 0 atom stereocenters. The predicted molar refractivity (Wildman–Crippen MR) is 76.5 cm³/mol. The van der Waals surface area contributed by atoms with E-state index < -0.39 is 11.7 Å². The minimum atomic E-state index is -4.44. The fourth-order valence-corrected chi connectivity index (χ4v) is 2.88. The second kappa shape index (κ2) is 5.95. The number of halogens is 3. The van der Waals surface area contributed by atoms with Crippen LogP contribution < -0.4 is 10.6 Å². The third-order valence-electron chi connectivity index (χ3n) is 4.36. The second-order valence-corrected chi connectivity index (χ2v) is 6.01. The lowest BCUT2D eigenvalue weighted by Gasteiger charge is -2.39. The highest BCUT2D eigenvalue weighted by Gasteiger charge is 2.36. The van der Waals surface area contributed by atoms with Gasteiger partial charge in [-0.25, -0.2) is 9.97 Å². The van der Waals surface area contributed by atoms with Gasteiger partial charge in [0.1, 0.15) is 0 Å². The van der Waals surface area contributed by atoms with Crippen LogP contribution in [0.5, 0.6) is 0 Å². The van der Waals surface area contributed by atoms with Gasteiger partial charge in [-0.05, 0) is 12.8 Å². The summed E-state index contributed by atoms with van der Waals surface area (Å²) in [6, 6.07) is 0.130. The maximum atomic E-state index is 12.5. The topological polar surface area (TPSA) is 75.4 Å². The van der Waals surface area contributed by atoms with E-state index in [9.17, 15) is 18.0 Å². The number of carbonyl (C=O) groups excluding carboxylic acids is 1. The molecule has 1 amide bonds. The van der Waals surface area contributed by atoms with Gasteiger partial charge < -0.3 is 15.5 Å². The van der Waals surface area contributed by atoms with E-state index in [1.165, 1.54) is 0 Å². The van der Waals surface area contributed by atoms with Gasteiger partial charge in [0.2, 0.25) is 11.9 Å². The average molecular weight is 329 g/mol. The van der Waals surface area contributed by atoms with Gasteiger partial charge in [0.25, 0.3) is 0 Å². The summed E-state index contributed by atoms with van der Waals surface area (Å²) in [6.45, 7) is 2.07. The molecule has 0 radical (unpaired) electrons. The Morgan fingerprint density at radius 2 is 1.70 bits per heavy atom. The van der Waals surface area contributed by atoms with Crippen molar-refractivity contribution in [2.75, 3.05) is 31.1 Å². The number of hydrogen-bond acceptors (Lipinski definition) is 5. The number of hydrogen-bond donors (Lipinski definition) is 1. The van der Waals surface area contributed by atoms with Gasteiger partial charge in [-0.2, -0.15) is 13.2 Å². The number of rotatable bonds is 2. The summed E-state index contributed by atoms with van der Waals surface area (Å²) in [5, 5.41) is 0. The van der Waals surface area contributed by atoms with Crippen molar-refractivity contribution in [2.45, 2.75) is 25.1 Å². The quantitative estimate of drug-likeness (QED) is 0.872. The number of aromatic nitrogens is 2. The Hall–Kier alpha value is -1.90. The first-order valence-electron chi connectivity index (χ1n) is 7.53. The summed E-state index contributed by atoms with van der Waals surface area (Å²) < 4.78 is 37.5. The molecule has 1 saturated carbocycles. The molecular weight excluding hydrogens is 311 g/mol. The molecule has 1 saturated heterocycles. The standard InChI is InChI=1S/C14H18F3N5O/c15-14(16,17)10-7-19-13(20-8-10)22-3-1-21(2-4-22)12(23)9-5-11(18)6-9/h7-9,11H,1-6,18H2. The van der Waals surface area contributed by atoms with E-state index in [1.54, 1.807) is 9.80 Å². The first-order valence-corrected chi connectivity index (χ1v) is 7.53. The first-order chi connectivity index (χ1) is 10.8. The second-order valence-electron chi connectivity index (χ2n) is 6.01. The molecule has 0 spiro atoms. The van der Waals surface area contributed by atoms with E-state index in [4.69, 9.17) is 5.73 Å². The zero-order valence-electron chi connectivity index (χ0n) is 12.5. The highest BCUT2D eigenvalue weighted by molar-refractivity contribution is 5.80. The molecule has 0 aromatic carbocycles. The molecule has 1 aliphatic heterocycles. The number of amides is 1. The Morgan fingerprint density at radius 3 is 2.17 bits per heavy atom. The zero-order valence-corrected chi connectivity index (χ0v) is 12.5. The van der Waals surface area contributed by atoms with E-state index >= 15 is 0 Å². The molecular formula is C14H18F3N5O. The third-order valence-corrected chi connectivity index (χ3v) is 4.36. The summed E-state index contributed by atoms with van der Waals surface area (Å²) in [5.41, 5.74) is 4.84. The van der Waals surface area contributed by atoms with Crippen LogP contribution in [0.3, 0.4) is 0 Å². The Labute approximate surface area is 131 Å². The molecule has 1 aromatic rings.